The second kappa shape index (κ2) is 10.8. The third kappa shape index (κ3) is 4.99. The molecular weight excluding hydrogens is 593 g/mol. The normalized spacial score (nSPS) is 19.8. The molecule has 2 aliphatic heterocycles. The van der Waals surface area contributed by atoms with Gasteiger partial charge in [-0.05, 0) is 0 Å². The minimum absolute atomic E-state index is 0.0438. The Bertz CT molecular complexity index is 1310. The van der Waals surface area contributed by atoms with Crippen molar-refractivity contribution in [2.75, 3.05) is 29.7 Å². The zero-order chi connectivity index (χ0) is 25.2. The van der Waals surface area contributed by atoms with Crippen molar-refractivity contribution in [3.8, 4) is 17.0 Å². The molecular formula is C26H27IN3O5S-. The molecule has 2 aromatic carbocycles. The van der Waals surface area contributed by atoms with E-state index in [4.69, 9.17) is 8.92 Å². The molecule has 8 nitrogen and oxygen atoms in total. The van der Waals surface area contributed by atoms with Crippen molar-refractivity contribution in [3.05, 3.63) is 65.9 Å². The Balaban J connectivity index is 1.68. The van der Waals surface area contributed by atoms with E-state index >= 15 is 0 Å². The summed E-state index contributed by atoms with van der Waals surface area (Å²) in [4.78, 5) is 20.8. The van der Waals surface area contributed by atoms with Crippen LogP contribution in [0.25, 0.3) is 11.3 Å². The van der Waals surface area contributed by atoms with Gasteiger partial charge in [0, 0.05) is 0 Å². The van der Waals surface area contributed by atoms with E-state index in [2.05, 4.69) is 33.8 Å². The Morgan fingerprint density at radius 1 is 1.22 bits per heavy atom. The first-order valence-corrected chi connectivity index (χ1v) is 15.5. The predicted molar refractivity (Wildman–Crippen MR) is 133 cm³/mol. The van der Waals surface area contributed by atoms with Gasteiger partial charge >= 0.3 is 224 Å². The summed E-state index contributed by atoms with van der Waals surface area (Å²) < 4.78 is 27.0. The van der Waals surface area contributed by atoms with Crippen LogP contribution >= 0.6 is 0 Å². The molecule has 0 saturated heterocycles. The average Bonchev–Trinajstić information content (AvgIpc) is 2.95. The van der Waals surface area contributed by atoms with Gasteiger partial charge < -0.3 is 0 Å². The summed E-state index contributed by atoms with van der Waals surface area (Å²) in [5.41, 5.74) is 3.65. The second-order valence-corrected chi connectivity index (χ2v) is 13.1. The van der Waals surface area contributed by atoms with E-state index in [1.165, 1.54) is 10.5 Å². The van der Waals surface area contributed by atoms with Crippen LogP contribution in [0.3, 0.4) is 0 Å². The van der Waals surface area contributed by atoms with Crippen molar-refractivity contribution in [1.82, 2.24) is 9.88 Å². The van der Waals surface area contributed by atoms with Crippen LogP contribution in [-0.2, 0) is 21.9 Å². The van der Waals surface area contributed by atoms with Crippen molar-refractivity contribution in [2.24, 2.45) is 0 Å². The predicted octanol–water partition coefficient (Wildman–Crippen LogP) is 1.24. The Morgan fingerprint density at radius 2 is 2.03 bits per heavy atom. The molecule has 10 heteroatoms. The van der Waals surface area contributed by atoms with Gasteiger partial charge in [0.1, 0.15) is 0 Å². The maximum atomic E-state index is 13.5. The Labute approximate surface area is 223 Å². The maximum absolute atomic E-state index is 13.5. The summed E-state index contributed by atoms with van der Waals surface area (Å²) in [5, 5.41) is 9.47. The number of pyridine rings is 1. The number of alkyl halides is 2. The van der Waals surface area contributed by atoms with Gasteiger partial charge in [-0.25, -0.2) is 0 Å². The van der Waals surface area contributed by atoms with E-state index < -0.39 is 17.0 Å². The van der Waals surface area contributed by atoms with E-state index in [1.807, 2.05) is 31.3 Å². The molecule has 2 atom stereocenters. The van der Waals surface area contributed by atoms with Crippen molar-refractivity contribution in [3.63, 3.8) is 0 Å². The molecule has 5 rings (SSSR count). The van der Waals surface area contributed by atoms with Crippen LogP contribution in [0.5, 0.6) is 5.75 Å². The molecule has 190 valence electrons. The van der Waals surface area contributed by atoms with Crippen LogP contribution < -0.4 is 30.8 Å². The monoisotopic (exact) mass is 620 g/mol. The van der Waals surface area contributed by atoms with Crippen LogP contribution in [0.2, 0.25) is 0 Å². The zero-order valence-electron chi connectivity index (χ0n) is 20.0. The number of nitrogens with zero attached hydrogens (tertiary/aromatic N) is 3. The molecule has 0 fully saturated rings. The topological polar surface area (TPSA) is 92.2 Å². The first-order chi connectivity index (χ1) is 17.5. The van der Waals surface area contributed by atoms with Crippen molar-refractivity contribution >= 4 is 28.4 Å². The number of carboxylic acids is 1. The van der Waals surface area contributed by atoms with Gasteiger partial charge in [0.25, 0.3) is 0 Å². The van der Waals surface area contributed by atoms with Crippen LogP contribution in [0.15, 0.2) is 59.5 Å². The number of aromatic nitrogens is 1. The number of carboxylic acid groups (broad SMARTS) is 1. The van der Waals surface area contributed by atoms with Crippen LogP contribution in [0, 0.1) is 0 Å². The number of rotatable bonds is 5. The Hall–Kier alpha value is -2.54. The number of halogens is 1. The van der Waals surface area contributed by atoms with E-state index in [9.17, 15) is 14.1 Å². The number of hydrogen-bond acceptors (Lipinski definition) is 7. The Kier molecular flexibility index (Phi) is 7.56. The fraction of sp³-hybridized carbons (Fsp3) is 0.308. The third-order valence-corrected chi connectivity index (χ3v) is 11.2. The summed E-state index contributed by atoms with van der Waals surface area (Å²) in [6, 6.07) is 17.0. The van der Waals surface area contributed by atoms with Gasteiger partial charge in [-0.3, -0.25) is 0 Å². The second-order valence-electron chi connectivity index (χ2n) is 8.58. The molecule has 1 aromatic heterocycles. The molecule has 0 spiro atoms. The number of carbonyl (C=O) groups is 1. The molecule has 0 saturated carbocycles. The molecule has 3 aromatic rings. The van der Waals surface area contributed by atoms with Gasteiger partial charge in [-0.15, -0.1) is 0 Å². The molecule has 0 aliphatic carbocycles. The fourth-order valence-electron chi connectivity index (χ4n) is 4.23. The molecule has 2 aliphatic rings. The van der Waals surface area contributed by atoms with Gasteiger partial charge in [0.05, 0.1) is 0 Å². The number of hydrogen-bond donors (Lipinski definition) is 1. The first kappa shape index (κ1) is 25.1. The molecule has 1 N–H and O–H groups in total. The molecule has 0 radical (unpaired) electrons. The van der Waals surface area contributed by atoms with Crippen molar-refractivity contribution < 1.29 is 44.2 Å². The first-order valence-electron chi connectivity index (χ1n) is 11.7. The van der Waals surface area contributed by atoms with Crippen molar-refractivity contribution in [2.45, 2.75) is 28.9 Å². The number of benzene rings is 2. The SMILES string of the molecule is CCC[I-]C1CN(c2ccccc2)c2cc3c(cc2S(=O)OCN1C)-c1nc(C(=O)O)ccc1CO3. The quantitative estimate of drug-likeness (QED) is 0.259. The van der Waals surface area contributed by atoms with Crippen LogP contribution in [0.1, 0.15) is 29.4 Å². The van der Waals surface area contributed by atoms with Crippen LogP contribution in [-0.4, -0.2) is 54.0 Å². The standard InChI is InChI=1S/C26H27IN3O5S/c1-3-11-27-24-14-30(18-7-5-4-6-8-18)21-13-22-19(12-23(21)36(33)35-16-29(24)2)25-17(15-34-22)9-10-20(28-25)26(31)32/h4-10,12-13,24H,3,11,14-16H2,1-2H3,(H,31,32)/q-1. The van der Waals surface area contributed by atoms with E-state index in [1.54, 1.807) is 12.1 Å². The van der Waals surface area contributed by atoms with Gasteiger partial charge in [0.2, 0.25) is 0 Å². The zero-order valence-corrected chi connectivity index (χ0v) is 23.0. The van der Waals surface area contributed by atoms with Crippen LogP contribution in [0.4, 0.5) is 11.4 Å². The van der Waals surface area contributed by atoms with Gasteiger partial charge in [-0.2, -0.15) is 0 Å². The van der Waals surface area contributed by atoms with Crippen molar-refractivity contribution in [1.29, 1.82) is 0 Å². The number of likely N-dealkylation sites (N-methyl/N-ethyl adjacent to an activating group) is 1. The van der Waals surface area contributed by atoms with Gasteiger partial charge in [0.15, 0.2) is 0 Å². The molecule has 3 heterocycles. The molecule has 2 unspecified atom stereocenters. The number of para-hydroxylation sites is 1. The van der Waals surface area contributed by atoms with Gasteiger partial charge in [-0.1, -0.05) is 0 Å². The number of aromatic carboxylic acids is 1. The van der Waals surface area contributed by atoms with E-state index in [0.29, 0.717) is 26.0 Å². The summed E-state index contributed by atoms with van der Waals surface area (Å²) >= 11 is -1.90. The number of anilines is 2. The number of fused-ring (bicyclic) bond motifs is 4. The minimum atomic E-state index is -1.75. The third-order valence-electron chi connectivity index (χ3n) is 6.09. The average molecular weight is 620 g/mol. The number of ether oxygens (including phenoxy) is 1. The van der Waals surface area contributed by atoms with E-state index in [-0.39, 0.29) is 40.2 Å². The fourth-order valence-corrected chi connectivity index (χ4v) is 8.02. The molecule has 36 heavy (non-hydrogen) atoms. The van der Waals surface area contributed by atoms with E-state index in [0.717, 1.165) is 29.9 Å². The molecule has 0 bridgehead atoms. The summed E-state index contributed by atoms with van der Waals surface area (Å²) in [5.74, 6) is -0.512. The summed E-state index contributed by atoms with van der Waals surface area (Å²) in [6.07, 6.45) is 1.14. The summed E-state index contributed by atoms with van der Waals surface area (Å²) in [6.45, 7) is 3.48. The molecule has 0 amide bonds. The Morgan fingerprint density at radius 3 is 2.78 bits per heavy atom. The summed E-state index contributed by atoms with van der Waals surface area (Å²) in [7, 11) is 2.03.